The Labute approximate surface area is 96.2 Å². The molecule has 88 valence electrons. The molecular formula is C12H19N3O. The molecule has 1 aromatic rings. The lowest BCUT2D eigenvalue weighted by Crippen LogP contribution is -2.25. The molecule has 2 rings (SSSR count). The molecule has 1 fully saturated rings. The van der Waals surface area contributed by atoms with Gasteiger partial charge >= 0.3 is 0 Å². The zero-order chi connectivity index (χ0) is 11.5. The van der Waals surface area contributed by atoms with Gasteiger partial charge in [0.25, 0.3) is 0 Å². The quantitative estimate of drug-likeness (QED) is 0.817. The van der Waals surface area contributed by atoms with E-state index < -0.39 is 0 Å². The number of aromatic nitrogens is 2. The van der Waals surface area contributed by atoms with E-state index in [0.717, 1.165) is 17.9 Å². The van der Waals surface area contributed by atoms with E-state index in [9.17, 15) is 0 Å². The lowest BCUT2D eigenvalue weighted by molar-refractivity contribution is 0.324. The van der Waals surface area contributed by atoms with Gasteiger partial charge in [-0.1, -0.05) is 0 Å². The molecule has 1 atom stereocenters. The summed E-state index contributed by atoms with van der Waals surface area (Å²) in [7, 11) is 0. The van der Waals surface area contributed by atoms with E-state index >= 15 is 0 Å². The number of rotatable bonds is 5. The van der Waals surface area contributed by atoms with E-state index in [1.807, 2.05) is 19.9 Å². The van der Waals surface area contributed by atoms with Crippen LogP contribution in [0.5, 0.6) is 5.88 Å². The van der Waals surface area contributed by atoms with Crippen molar-refractivity contribution in [2.24, 2.45) is 11.7 Å². The second-order valence-electron chi connectivity index (χ2n) is 4.38. The minimum atomic E-state index is 0.240. The van der Waals surface area contributed by atoms with Crippen LogP contribution in [-0.2, 0) is 6.42 Å². The highest BCUT2D eigenvalue weighted by atomic mass is 16.5. The van der Waals surface area contributed by atoms with E-state index in [2.05, 4.69) is 9.97 Å². The second-order valence-corrected chi connectivity index (χ2v) is 4.38. The number of nitrogens with two attached hydrogens (primary N) is 1. The molecule has 0 spiro atoms. The van der Waals surface area contributed by atoms with Gasteiger partial charge in [0.2, 0.25) is 5.88 Å². The van der Waals surface area contributed by atoms with Crippen LogP contribution in [0.3, 0.4) is 0 Å². The number of hydrogen-bond acceptors (Lipinski definition) is 4. The molecule has 0 amide bonds. The van der Waals surface area contributed by atoms with Crippen molar-refractivity contribution in [3.8, 4) is 5.88 Å². The highest BCUT2D eigenvalue weighted by Crippen LogP contribution is 2.32. The Morgan fingerprint density at radius 1 is 1.50 bits per heavy atom. The zero-order valence-electron chi connectivity index (χ0n) is 9.94. The molecule has 1 heterocycles. The fourth-order valence-electron chi connectivity index (χ4n) is 1.86. The van der Waals surface area contributed by atoms with E-state index in [1.165, 1.54) is 12.8 Å². The summed E-state index contributed by atoms with van der Waals surface area (Å²) in [6.45, 7) is 4.46. The summed E-state index contributed by atoms with van der Waals surface area (Å²) < 4.78 is 5.39. The monoisotopic (exact) mass is 221 g/mol. The molecular weight excluding hydrogens is 202 g/mol. The van der Waals surface area contributed by atoms with Crippen LogP contribution in [0.15, 0.2) is 6.07 Å². The molecule has 1 aromatic heterocycles. The smallest absolute Gasteiger partial charge is 0.216 e. The standard InChI is InChI=1S/C12H19N3O/c1-3-16-12-7-10(14-8(2)15-12)6-11(13)9-4-5-9/h7,9,11H,3-6,13H2,1-2H3. The molecule has 16 heavy (non-hydrogen) atoms. The largest absolute Gasteiger partial charge is 0.478 e. The fourth-order valence-corrected chi connectivity index (χ4v) is 1.86. The minimum Gasteiger partial charge on any atom is -0.478 e. The van der Waals surface area contributed by atoms with Gasteiger partial charge in [-0.2, -0.15) is 4.98 Å². The van der Waals surface area contributed by atoms with Gasteiger partial charge in [-0.05, 0) is 32.6 Å². The molecule has 1 unspecified atom stereocenters. The van der Waals surface area contributed by atoms with Gasteiger partial charge in [-0.25, -0.2) is 4.98 Å². The molecule has 1 aliphatic carbocycles. The highest BCUT2D eigenvalue weighted by molar-refractivity contribution is 5.17. The van der Waals surface area contributed by atoms with E-state index in [1.54, 1.807) is 0 Å². The van der Waals surface area contributed by atoms with E-state index in [0.29, 0.717) is 18.4 Å². The van der Waals surface area contributed by atoms with Gasteiger partial charge < -0.3 is 10.5 Å². The first-order valence-corrected chi connectivity index (χ1v) is 5.92. The topological polar surface area (TPSA) is 61.0 Å². The predicted octanol–water partition coefficient (Wildman–Crippen LogP) is 1.46. The Balaban J connectivity index is 2.06. The molecule has 4 heteroatoms. The third kappa shape index (κ3) is 2.92. The maximum absolute atomic E-state index is 6.08. The molecule has 0 aliphatic heterocycles. The maximum atomic E-state index is 6.08. The van der Waals surface area contributed by atoms with Crippen molar-refractivity contribution in [1.82, 2.24) is 9.97 Å². The molecule has 0 aromatic carbocycles. The summed E-state index contributed by atoms with van der Waals surface area (Å²) in [5.41, 5.74) is 7.08. The third-order valence-corrected chi connectivity index (χ3v) is 2.83. The summed E-state index contributed by atoms with van der Waals surface area (Å²) in [5.74, 6) is 2.11. The summed E-state index contributed by atoms with van der Waals surface area (Å²) >= 11 is 0. The Hall–Kier alpha value is -1.16. The zero-order valence-corrected chi connectivity index (χ0v) is 9.94. The Kier molecular flexibility index (Phi) is 3.39. The summed E-state index contributed by atoms with van der Waals surface area (Å²) in [5, 5.41) is 0. The van der Waals surface area contributed by atoms with Gasteiger partial charge in [0.15, 0.2) is 0 Å². The number of ether oxygens (including phenoxy) is 1. The summed E-state index contributed by atoms with van der Waals surface area (Å²) in [6.07, 6.45) is 3.36. The first-order chi connectivity index (χ1) is 7.69. The molecule has 2 N–H and O–H groups in total. The Morgan fingerprint density at radius 3 is 2.88 bits per heavy atom. The SMILES string of the molecule is CCOc1cc(CC(N)C2CC2)nc(C)n1. The van der Waals surface area contributed by atoms with Gasteiger partial charge in [-0.3, -0.25) is 0 Å². The molecule has 0 saturated heterocycles. The Bertz CT molecular complexity index is 363. The van der Waals surface area contributed by atoms with E-state index in [-0.39, 0.29) is 6.04 Å². The van der Waals surface area contributed by atoms with Gasteiger partial charge in [0.05, 0.1) is 6.61 Å². The lowest BCUT2D eigenvalue weighted by atomic mass is 10.1. The lowest BCUT2D eigenvalue weighted by Gasteiger charge is -2.11. The summed E-state index contributed by atoms with van der Waals surface area (Å²) in [6, 6.07) is 2.14. The third-order valence-electron chi connectivity index (χ3n) is 2.83. The van der Waals surface area contributed by atoms with Crippen LogP contribution in [0.2, 0.25) is 0 Å². The van der Waals surface area contributed by atoms with Crippen molar-refractivity contribution in [1.29, 1.82) is 0 Å². The van der Waals surface area contributed by atoms with Gasteiger partial charge in [0, 0.05) is 24.2 Å². The van der Waals surface area contributed by atoms with Gasteiger partial charge in [0.1, 0.15) is 5.82 Å². The normalized spacial score (nSPS) is 17.2. The number of aryl methyl sites for hydroxylation is 1. The van der Waals surface area contributed by atoms with Crippen molar-refractivity contribution >= 4 is 0 Å². The molecule has 0 bridgehead atoms. The second kappa shape index (κ2) is 4.78. The average molecular weight is 221 g/mol. The van der Waals surface area contributed by atoms with Crippen molar-refractivity contribution in [2.75, 3.05) is 6.61 Å². The van der Waals surface area contributed by atoms with E-state index in [4.69, 9.17) is 10.5 Å². The minimum absolute atomic E-state index is 0.240. The van der Waals surface area contributed by atoms with Crippen LogP contribution >= 0.6 is 0 Å². The maximum Gasteiger partial charge on any atom is 0.216 e. The highest BCUT2D eigenvalue weighted by Gasteiger charge is 2.28. The average Bonchev–Trinajstić information content (AvgIpc) is 2.99. The van der Waals surface area contributed by atoms with Crippen molar-refractivity contribution in [2.45, 2.75) is 39.2 Å². The molecule has 0 radical (unpaired) electrons. The van der Waals surface area contributed by atoms with Crippen LogP contribution in [0.1, 0.15) is 31.3 Å². The fraction of sp³-hybridized carbons (Fsp3) is 0.667. The van der Waals surface area contributed by atoms with Crippen LogP contribution < -0.4 is 10.5 Å². The van der Waals surface area contributed by atoms with Crippen LogP contribution in [0.25, 0.3) is 0 Å². The molecule has 1 saturated carbocycles. The van der Waals surface area contributed by atoms with Crippen molar-refractivity contribution < 1.29 is 4.74 Å². The van der Waals surface area contributed by atoms with Crippen LogP contribution in [-0.4, -0.2) is 22.6 Å². The van der Waals surface area contributed by atoms with Crippen molar-refractivity contribution in [3.63, 3.8) is 0 Å². The first kappa shape index (κ1) is 11.3. The Morgan fingerprint density at radius 2 is 2.25 bits per heavy atom. The molecule has 4 nitrogen and oxygen atoms in total. The van der Waals surface area contributed by atoms with Gasteiger partial charge in [-0.15, -0.1) is 0 Å². The van der Waals surface area contributed by atoms with Crippen LogP contribution in [0, 0.1) is 12.8 Å². The molecule has 1 aliphatic rings. The number of hydrogen-bond donors (Lipinski definition) is 1. The number of nitrogens with zero attached hydrogens (tertiary/aromatic N) is 2. The van der Waals surface area contributed by atoms with Crippen LogP contribution in [0.4, 0.5) is 0 Å². The first-order valence-electron chi connectivity index (χ1n) is 5.92. The summed E-state index contributed by atoms with van der Waals surface area (Å²) in [4.78, 5) is 8.61. The van der Waals surface area contributed by atoms with Crippen molar-refractivity contribution in [3.05, 3.63) is 17.6 Å². The predicted molar refractivity (Wildman–Crippen MR) is 62.3 cm³/mol.